The Kier molecular flexibility index (Phi) is 3.12. The van der Waals surface area contributed by atoms with Gasteiger partial charge in [-0.3, -0.25) is 0 Å². The molecule has 0 unspecified atom stereocenters. The highest BCUT2D eigenvalue weighted by Crippen LogP contribution is 2.33. The van der Waals surface area contributed by atoms with Gasteiger partial charge in [0.15, 0.2) is 11.6 Å². The minimum atomic E-state index is -0.691. The molecule has 1 atom stereocenters. The van der Waals surface area contributed by atoms with Gasteiger partial charge < -0.3 is 10.8 Å². The second kappa shape index (κ2) is 3.94. The molecule has 0 radical (unpaired) electrons. The van der Waals surface area contributed by atoms with Crippen molar-refractivity contribution >= 4 is 11.6 Å². The Labute approximate surface area is 81.1 Å². The predicted molar refractivity (Wildman–Crippen MR) is 50.3 cm³/mol. The number of rotatable bonds is 2. The molecule has 0 heterocycles. The lowest BCUT2D eigenvalue weighted by atomic mass is 10.0. The Hall–Kier alpha value is -0.800. The maximum atomic E-state index is 12.9. The van der Waals surface area contributed by atoms with Gasteiger partial charge in [-0.2, -0.15) is 0 Å². The van der Waals surface area contributed by atoms with Crippen LogP contribution in [-0.4, -0.2) is 5.11 Å². The molecule has 0 aliphatic rings. The van der Waals surface area contributed by atoms with E-state index in [-0.39, 0.29) is 5.56 Å². The molecular formula is C9H11ClFNO. The highest BCUT2D eigenvalue weighted by atomic mass is 35.5. The molecule has 0 saturated heterocycles. The molecule has 0 aromatic heterocycles. The van der Waals surface area contributed by atoms with E-state index in [1.54, 1.807) is 0 Å². The smallest absolute Gasteiger partial charge is 0.165 e. The summed E-state index contributed by atoms with van der Waals surface area (Å²) in [6.07, 6.45) is 0.594. The average Bonchev–Trinajstić information content (AvgIpc) is 2.12. The van der Waals surface area contributed by atoms with Crippen LogP contribution in [0.2, 0.25) is 5.02 Å². The molecule has 3 N–H and O–H groups in total. The standard InChI is InChI=1S/C9H11ClFNO/c1-2-7(12)8-5(10)3-4-6(11)9(8)13/h3-4,7,13H,2,12H2,1H3/t7-/m1/s1. The lowest BCUT2D eigenvalue weighted by molar-refractivity contribution is 0.420. The first-order valence-corrected chi connectivity index (χ1v) is 4.38. The van der Waals surface area contributed by atoms with Crippen molar-refractivity contribution < 1.29 is 9.50 Å². The third-order valence-corrected chi connectivity index (χ3v) is 2.25. The van der Waals surface area contributed by atoms with E-state index in [4.69, 9.17) is 17.3 Å². The van der Waals surface area contributed by atoms with Gasteiger partial charge in [0, 0.05) is 16.6 Å². The number of phenols is 1. The Morgan fingerprint density at radius 1 is 1.62 bits per heavy atom. The highest BCUT2D eigenvalue weighted by molar-refractivity contribution is 6.31. The number of nitrogens with two attached hydrogens (primary N) is 1. The fraction of sp³-hybridized carbons (Fsp3) is 0.333. The SMILES string of the molecule is CC[C@@H](N)c1c(Cl)ccc(F)c1O. The third-order valence-electron chi connectivity index (χ3n) is 1.93. The number of halogens is 2. The van der Waals surface area contributed by atoms with E-state index >= 15 is 0 Å². The molecule has 0 amide bonds. The van der Waals surface area contributed by atoms with Crippen molar-refractivity contribution in [3.63, 3.8) is 0 Å². The molecule has 4 heteroatoms. The molecular weight excluding hydrogens is 193 g/mol. The van der Waals surface area contributed by atoms with Crippen LogP contribution < -0.4 is 5.73 Å². The molecule has 1 aromatic rings. The van der Waals surface area contributed by atoms with E-state index in [0.717, 1.165) is 6.07 Å². The second-order valence-electron chi connectivity index (χ2n) is 2.81. The summed E-state index contributed by atoms with van der Waals surface area (Å²) in [7, 11) is 0. The quantitative estimate of drug-likeness (QED) is 0.776. The van der Waals surface area contributed by atoms with E-state index in [2.05, 4.69) is 0 Å². The highest BCUT2D eigenvalue weighted by Gasteiger charge is 2.16. The van der Waals surface area contributed by atoms with Crippen molar-refractivity contribution in [1.82, 2.24) is 0 Å². The number of aromatic hydroxyl groups is 1. The topological polar surface area (TPSA) is 46.2 Å². The predicted octanol–water partition coefficient (Wildman–Crippen LogP) is 2.59. The Morgan fingerprint density at radius 3 is 2.77 bits per heavy atom. The van der Waals surface area contributed by atoms with E-state index in [0.29, 0.717) is 11.4 Å². The lowest BCUT2D eigenvalue weighted by Crippen LogP contribution is -2.10. The van der Waals surface area contributed by atoms with Crippen molar-refractivity contribution in [3.8, 4) is 5.75 Å². The summed E-state index contributed by atoms with van der Waals surface area (Å²) in [6, 6.07) is 2.08. The van der Waals surface area contributed by atoms with E-state index < -0.39 is 17.6 Å². The molecule has 0 aliphatic carbocycles. The summed E-state index contributed by atoms with van der Waals surface area (Å²) in [6.45, 7) is 1.84. The summed E-state index contributed by atoms with van der Waals surface area (Å²) in [5, 5.41) is 9.64. The van der Waals surface area contributed by atoms with Gasteiger partial charge in [0.25, 0.3) is 0 Å². The van der Waals surface area contributed by atoms with Crippen molar-refractivity contribution in [2.24, 2.45) is 5.73 Å². The van der Waals surface area contributed by atoms with Gasteiger partial charge in [-0.15, -0.1) is 0 Å². The summed E-state index contributed by atoms with van der Waals surface area (Å²) in [5.74, 6) is -1.13. The fourth-order valence-electron chi connectivity index (χ4n) is 1.11. The van der Waals surface area contributed by atoms with Crippen LogP contribution in [-0.2, 0) is 0 Å². The van der Waals surface area contributed by atoms with Crippen molar-refractivity contribution in [2.75, 3.05) is 0 Å². The molecule has 1 aromatic carbocycles. The van der Waals surface area contributed by atoms with Crippen LogP contribution in [0.1, 0.15) is 24.9 Å². The molecule has 72 valence electrons. The summed E-state index contributed by atoms with van der Waals surface area (Å²) in [4.78, 5) is 0. The molecule has 0 bridgehead atoms. The number of hydrogen-bond donors (Lipinski definition) is 2. The zero-order valence-electron chi connectivity index (χ0n) is 7.22. The Balaban J connectivity index is 3.25. The van der Waals surface area contributed by atoms with Gasteiger partial charge in [0.05, 0.1) is 0 Å². The van der Waals surface area contributed by atoms with Crippen molar-refractivity contribution in [3.05, 3.63) is 28.5 Å². The Morgan fingerprint density at radius 2 is 2.23 bits per heavy atom. The van der Waals surface area contributed by atoms with Crippen LogP contribution in [0.4, 0.5) is 4.39 Å². The minimum absolute atomic E-state index is 0.282. The largest absolute Gasteiger partial charge is 0.505 e. The average molecular weight is 204 g/mol. The first kappa shape index (κ1) is 10.3. The number of hydrogen-bond acceptors (Lipinski definition) is 2. The minimum Gasteiger partial charge on any atom is -0.505 e. The van der Waals surface area contributed by atoms with E-state index in [1.807, 2.05) is 6.92 Å². The van der Waals surface area contributed by atoms with Gasteiger partial charge in [-0.1, -0.05) is 18.5 Å². The van der Waals surface area contributed by atoms with E-state index in [1.165, 1.54) is 6.07 Å². The van der Waals surface area contributed by atoms with Crippen LogP contribution in [0.3, 0.4) is 0 Å². The zero-order chi connectivity index (χ0) is 10.0. The van der Waals surface area contributed by atoms with Gasteiger partial charge >= 0.3 is 0 Å². The van der Waals surface area contributed by atoms with Crippen LogP contribution in [0.25, 0.3) is 0 Å². The molecule has 0 saturated carbocycles. The molecule has 1 rings (SSSR count). The van der Waals surface area contributed by atoms with Crippen LogP contribution >= 0.6 is 11.6 Å². The monoisotopic (exact) mass is 203 g/mol. The van der Waals surface area contributed by atoms with Crippen LogP contribution in [0.5, 0.6) is 5.75 Å². The lowest BCUT2D eigenvalue weighted by Gasteiger charge is -2.13. The second-order valence-corrected chi connectivity index (χ2v) is 3.21. The number of benzene rings is 1. The maximum absolute atomic E-state index is 12.9. The van der Waals surface area contributed by atoms with Gasteiger partial charge in [0.1, 0.15) is 0 Å². The molecule has 13 heavy (non-hydrogen) atoms. The van der Waals surface area contributed by atoms with Crippen LogP contribution in [0, 0.1) is 5.82 Å². The number of phenolic OH excluding ortho intramolecular Hbond substituents is 1. The zero-order valence-corrected chi connectivity index (χ0v) is 7.98. The van der Waals surface area contributed by atoms with Gasteiger partial charge in [0.2, 0.25) is 0 Å². The summed E-state index contributed by atoms with van der Waals surface area (Å²) in [5.41, 5.74) is 5.94. The molecule has 2 nitrogen and oxygen atoms in total. The fourth-order valence-corrected chi connectivity index (χ4v) is 1.41. The first-order chi connectivity index (χ1) is 6.07. The van der Waals surface area contributed by atoms with Gasteiger partial charge in [-0.05, 0) is 18.6 Å². The third kappa shape index (κ3) is 1.92. The Bertz CT molecular complexity index is 317. The van der Waals surface area contributed by atoms with Crippen molar-refractivity contribution in [2.45, 2.75) is 19.4 Å². The first-order valence-electron chi connectivity index (χ1n) is 4.00. The normalized spacial score (nSPS) is 12.9. The van der Waals surface area contributed by atoms with Gasteiger partial charge in [-0.25, -0.2) is 4.39 Å². The van der Waals surface area contributed by atoms with Crippen molar-refractivity contribution in [1.29, 1.82) is 0 Å². The summed E-state index contributed by atoms with van der Waals surface area (Å²) >= 11 is 5.77. The molecule has 0 spiro atoms. The van der Waals surface area contributed by atoms with Crippen LogP contribution in [0.15, 0.2) is 12.1 Å². The molecule has 0 aliphatic heterocycles. The maximum Gasteiger partial charge on any atom is 0.165 e. The van der Waals surface area contributed by atoms with E-state index in [9.17, 15) is 9.50 Å². The summed E-state index contributed by atoms with van der Waals surface area (Å²) < 4.78 is 12.9. The molecule has 0 fully saturated rings.